The minimum atomic E-state index is -1.22. The van der Waals surface area contributed by atoms with Crippen molar-refractivity contribution in [3.05, 3.63) is 65.7 Å². The van der Waals surface area contributed by atoms with Gasteiger partial charge in [0.15, 0.2) is 5.82 Å². The zero-order valence-corrected chi connectivity index (χ0v) is 17.4. The molecular weight excluding hydrogens is 417 g/mol. The highest BCUT2D eigenvalue weighted by Gasteiger charge is 2.51. The second kappa shape index (κ2) is 8.17. The fourth-order valence-electron chi connectivity index (χ4n) is 3.68. The molecule has 0 radical (unpaired) electrons. The number of amides is 4. The van der Waals surface area contributed by atoms with Gasteiger partial charge >= 0.3 is 6.03 Å². The average molecular weight is 437 g/mol. The van der Waals surface area contributed by atoms with Gasteiger partial charge in [-0.15, -0.1) is 5.10 Å². The molecule has 1 aromatic heterocycles. The van der Waals surface area contributed by atoms with E-state index in [1.54, 1.807) is 38.1 Å². The Hall–Kier alpha value is -4.15. The van der Waals surface area contributed by atoms with Gasteiger partial charge in [0.2, 0.25) is 5.91 Å². The van der Waals surface area contributed by atoms with Gasteiger partial charge in [0, 0.05) is 5.69 Å². The number of rotatable bonds is 6. The van der Waals surface area contributed by atoms with E-state index in [1.807, 2.05) is 6.07 Å². The highest BCUT2D eigenvalue weighted by molar-refractivity contribution is 6.10. The largest absolute Gasteiger partial charge is 0.325 e. The topological polar surface area (TPSA) is 122 Å². The fraction of sp³-hybridized carbons (Fsp3) is 0.238. The highest BCUT2D eigenvalue weighted by Crippen LogP contribution is 2.32. The van der Waals surface area contributed by atoms with Crippen LogP contribution in [0, 0.1) is 12.7 Å². The molecule has 2 heterocycles. The minimum Gasteiger partial charge on any atom is -0.324 e. The van der Waals surface area contributed by atoms with Crippen LogP contribution in [0.1, 0.15) is 24.7 Å². The molecule has 2 aromatic carbocycles. The monoisotopic (exact) mass is 437 g/mol. The predicted octanol–water partition coefficient (Wildman–Crippen LogP) is 1.91. The number of carbonyl (C=O) groups excluding carboxylic acids is 3. The Balaban J connectivity index is 1.52. The highest BCUT2D eigenvalue weighted by atomic mass is 19.1. The predicted molar refractivity (Wildman–Crippen MR) is 111 cm³/mol. The summed E-state index contributed by atoms with van der Waals surface area (Å²) < 4.78 is 15.4. The van der Waals surface area contributed by atoms with Crippen molar-refractivity contribution in [3.8, 4) is 5.69 Å². The molecule has 4 amide bonds. The normalized spacial score (nSPS) is 18.0. The summed E-state index contributed by atoms with van der Waals surface area (Å²) in [4.78, 5) is 39.2. The van der Waals surface area contributed by atoms with Gasteiger partial charge in [0.25, 0.3) is 5.91 Å². The zero-order chi connectivity index (χ0) is 22.9. The van der Waals surface area contributed by atoms with Crippen molar-refractivity contribution in [2.24, 2.45) is 0 Å². The Morgan fingerprint density at radius 2 is 1.94 bits per heavy atom. The third-order valence-corrected chi connectivity index (χ3v) is 5.36. The molecule has 32 heavy (non-hydrogen) atoms. The van der Waals surface area contributed by atoms with Crippen molar-refractivity contribution in [2.45, 2.75) is 25.8 Å². The lowest BCUT2D eigenvalue weighted by Gasteiger charge is -2.25. The number of carbonyl (C=O) groups is 3. The van der Waals surface area contributed by atoms with Gasteiger partial charge in [-0.05, 0) is 47.5 Å². The first-order valence-electron chi connectivity index (χ1n) is 9.90. The smallest absolute Gasteiger partial charge is 0.324 e. The second-order valence-corrected chi connectivity index (χ2v) is 7.30. The van der Waals surface area contributed by atoms with E-state index in [4.69, 9.17) is 0 Å². The molecule has 3 aromatic rings. The van der Waals surface area contributed by atoms with E-state index in [-0.39, 0.29) is 11.4 Å². The molecule has 164 valence electrons. The summed E-state index contributed by atoms with van der Waals surface area (Å²) in [6.07, 6.45) is 0.326. The van der Waals surface area contributed by atoms with Crippen LogP contribution in [0.4, 0.5) is 14.9 Å². The third-order valence-electron chi connectivity index (χ3n) is 5.36. The molecule has 1 aliphatic heterocycles. The lowest BCUT2D eigenvalue weighted by molar-refractivity contribution is -0.134. The van der Waals surface area contributed by atoms with Crippen molar-refractivity contribution in [1.29, 1.82) is 0 Å². The number of tetrazole rings is 1. The summed E-state index contributed by atoms with van der Waals surface area (Å²) in [5.41, 5.74) is -0.268. The maximum atomic E-state index is 14.2. The number of imide groups is 1. The number of urea groups is 1. The van der Waals surface area contributed by atoms with Crippen molar-refractivity contribution in [1.82, 2.24) is 30.4 Å². The van der Waals surface area contributed by atoms with E-state index >= 15 is 0 Å². The Kier molecular flexibility index (Phi) is 5.39. The van der Waals surface area contributed by atoms with Crippen LogP contribution >= 0.6 is 0 Å². The molecule has 0 spiro atoms. The number of hydrogen-bond acceptors (Lipinski definition) is 6. The summed E-state index contributed by atoms with van der Waals surface area (Å²) in [5, 5.41) is 16.2. The zero-order valence-electron chi connectivity index (χ0n) is 17.4. The summed E-state index contributed by atoms with van der Waals surface area (Å²) in [5.74, 6) is -1.33. The van der Waals surface area contributed by atoms with Crippen LogP contribution in [0.3, 0.4) is 0 Å². The van der Waals surface area contributed by atoms with E-state index in [0.717, 1.165) is 11.0 Å². The first-order chi connectivity index (χ1) is 15.4. The van der Waals surface area contributed by atoms with E-state index in [0.29, 0.717) is 17.8 Å². The standard InChI is InChI=1S/C21H20FN7O3/c1-3-21(14-7-5-4-6-8-14)19(31)28(20(32)24-21)12-18(30)23-15-9-10-16(22)17(11-15)29-13(2)25-26-27-29/h4-11H,3,12H2,1-2H3,(H,23,30)(H,24,32). The Labute approximate surface area is 182 Å². The van der Waals surface area contributed by atoms with Crippen LogP contribution in [0.2, 0.25) is 0 Å². The maximum absolute atomic E-state index is 14.2. The number of benzene rings is 2. The molecule has 1 saturated heterocycles. The Morgan fingerprint density at radius 3 is 2.59 bits per heavy atom. The van der Waals surface area contributed by atoms with E-state index < -0.39 is 35.7 Å². The number of nitrogens with one attached hydrogen (secondary N) is 2. The average Bonchev–Trinajstić information content (AvgIpc) is 3.32. The molecule has 1 unspecified atom stereocenters. The van der Waals surface area contributed by atoms with Gasteiger partial charge in [0.1, 0.15) is 23.6 Å². The van der Waals surface area contributed by atoms with Crippen LogP contribution in [0.25, 0.3) is 5.69 Å². The van der Waals surface area contributed by atoms with Crippen molar-refractivity contribution < 1.29 is 18.8 Å². The van der Waals surface area contributed by atoms with Crippen LogP contribution < -0.4 is 10.6 Å². The SMILES string of the molecule is CCC1(c2ccccc2)NC(=O)N(CC(=O)Nc2ccc(F)c(-n3nnnc3C)c2)C1=O. The van der Waals surface area contributed by atoms with Crippen LogP contribution in [0.15, 0.2) is 48.5 Å². The summed E-state index contributed by atoms with van der Waals surface area (Å²) in [6.45, 7) is 2.90. The molecule has 0 bridgehead atoms. The van der Waals surface area contributed by atoms with Crippen molar-refractivity contribution >= 4 is 23.5 Å². The number of hydrogen-bond donors (Lipinski definition) is 2. The van der Waals surface area contributed by atoms with E-state index in [2.05, 4.69) is 26.2 Å². The first-order valence-corrected chi connectivity index (χ1v) is 9.90. The van der Waals surface area contributed by atoms with Crippen LogP contribution in [0.5, 0.6) is 0 Å². The maximum Gasteiger partial charge on any atom is 0.325 e. The molecule has 0 aliphatic carbocycles. The molecule has 1 fully saturated rings. The molecule has 1 atom stereocenters. The molecular formula is C21H20FN7O3. The Morgan fingerprint density at radius 1 is 1.19 bits per heavy atom. The van der Waals surface area contributed by atoms with Crippen molar-refractivity contribution in [2.75, 3.05) is 11.9 Å². The van der Waals surface area contributed by atoms with Gasteiger partial charge in [-0.1, -0.05) is 37.3 Å². The fourth-order valence-corrected chi connectivity index (χ4v) is 3.68. The molecule has 1 aliphatic rings. The van der Waals surface area contributed by atoms with E-state index in [1.165, 1.54) is 16.8 Å². The number of halogens is 1. The Bertz CT molecular complexity index is 1200. The number of aryl methyl sites for hydroxylation is 1. The molecule has 10 nitrogen and oxygen atoms in total. The van der Waals surface area contributed by atoms with Gasteiger partial charge in [-0.3, -0.25) is 14.5 Å². The van der Waals surface area contributed by atoms with Crippen molar-refractivity contribution in [3.63, 3.8) is 0 Å². The lowest BCUT2D eigenvalue weighted by atomic mass is 9.87. The van der Waals surface area contributed by atoms with Gasteiger partial charge in [-0.25, -0.2) is 9.18 Å². The minimum absolute atomic E-state index is 0.0503. The summed E-state index contributed by atoms with van der Waals surface area (Å²) >= 11 is 0. The number of aromatic nitrogens is 4. The van der Waals surface area contributed by atoms with Gasteiger partial charge in [-0.2, -0.15) is 4.68 Å². The molecule has 11 heteroatoms. The summed E-state index contributed by atoms with van der Waals surface area (Å²) in [6, 6.07) is 12.1. The number of anilines is 1. The molecule has 2 N–H and O–H groups in total. The second-order valence-electron chi connectivity index (χ2n) is 7.30. The first kappa shape index (κ1) is 21.1. The van der Waals surface area contributed by atoms with Gasteiger partial charge in [0.05, 0.1) is 0 Å². The lowest BCUT2D eigenvalue weighted by Crippen LogP contribution is -2.44. The third kappa shape index (κ3) is 3.57. The van der Waals surface area contributed by atoms with Gasteiger partial charge < -0.3 is 10.6 Å². The van der Waals surface area contributed by atoms with Crippen LogP contribution in [-0.4, -0.2) is 49.5 Å². The summed E-state index contributed by atoms with van der Waals surface area (Å²) in [7, 11) is 0. The molecule has 0 saturated carbocycles. The quantitative estimate of drug-likeness (QED) is 0.568. The number of nitrogens with zero attached hydrogens (tertiary/aromatic N) is 5. The van der Waals surface area contributed by atoms with Crippen LogP contribution in [-0.2, 0) is 15.1 Å². The molecule has 4 rings (SSSR count). The van der Waals surface area contributed by atoms with E-state index in [9.17, 15) is 18.8 Å².